The minimum absolute atomic E-state index is 0.227. The average Bonchev–Trinajstić information content (AvgIpc) is 3.05. The van der Waals surface area contributed by atoms with Crippen molar-refractivity contribution in [1.82, 2.24) is 15.3 Å². The summed E-state index contributed by atoms with van der Waals surface area (Å²) in [6.45, 7) is 7.36. The third kappa shape index (κ3) is 8.85. The third-order valence-corrected chi connectivity index (χ3v) is 7.79. The number of esters is 1. The lowest BCUT2D eigenvalue weighted by molar-refractivity contribution is -0.155. The molecular formula is C39H38F3N3O3. The molecule has 0 unspecified atom stereocenters. The van der Waals surface area contributed by atoms with E-state index in [0.717, 1.165) is 28.8 Å². The van der Waals surface area contributed by atoms with Crippen LogP contribution in [0, 0.1) is 0 Å². The summed E-state index contributed by atoms with van der Waals surface area (Å²) >= 11 is 0. The quantitative estimate of drug-likeness (QED) is 0.120. The van der Waals surface area contributed by atoms with Gasteiger partial charge in [-0.3, -0.25) is 9.59 Å². The number of hydrogen-bond acceptors (Lipinski definition) is 5. The second-order valence-electron chi connectivity index (χ2n) is 12.8. The van der Waals surface area contributed by atoms with Gasteiger partial charge in [-0.15, -0.1) is 0 Å². The van der Waals surface area contributed by atoms with Gasteiger partial charge >= 0.3 is 12.1 Å². The number of ether oxygens (including phenoxy) is 1. The van der Waals surface area contributed by atoms with Crippen LogP contribution >= 0.6 is 0 Å². The molecule has 1 heterocycles. The molecule has 0 bridgehead atoms. The average molecular weight is 654 g/mol. The van der Waals surface area contributed by atoms with E-state index in [9.17, 15) is 22.8 Å². The maximum Gasteiger partial charge on any atom is 0.416 e. The topological polar surface area (TPSA) is 81.2 Å². The number of aryl methyl sites for hydroxylation is 1. The fourth-order valence-corrected chi connectivity index (χ4v) is 5.39. The van der Waals surface area contributed by atoms with Crippen LogP contribution in [0.1, 0.15) is 80.2 Å². The van der Waals surface area contributed by atoms with Crippen LogP contribution in [0.15, 0.2) is 97.1 Å². The Labute approximate surface area is 278 Å². The standard InChI is InChI=1S/C39H38F3N3O3/c1-25(28-13-10-14-29(23-28)26-11-6-5-7-12-26)43-37(47)30-19-22-32-34(24-30)44-33(15-8-9-16-35(46)48-38(2,3)4)36(45-32)27-17-20-31(21-18-27)39(40,41)42/h5-7,10-14,17-25H,8-9,15-16H2,1-4H3,(H,43,47)/t25-/m1/s1. The summed E-state index contributed by atoms with van der Waals surface area (Å²) in [7, 11) is 0. The first-order chi connectivity index (χ1) is 22.8. The maximum absolute atomic E-state index is 13.4. The van der Waals surface area contributed by atoms with Crippen molar-refractivity contribution >= 4 is 22.9 Å². The van der Waals surface area contributed by atoms with E-state index in [0.29, 0.717) is 52.8 Å². The second-order valence-corrected chi connectivity index (χ2v) is 12.8. The number of amides is 1. The summed E-state index contributed by atoms with van der Waals surface area (Å²) in [5.74, 6) is -0.575. The SMILES string of the molecule is C[C@@H](NC(=O)c1ccc2nc(-c3ccc(C(F)(F)F)cc3)c(CCCCC(=O)OC(C)(C)C)nc2c1)c1cccc(-c2ccccc2)c1. The van der Waals surface area contributed by atoms with Crippen LogP contribution < -0.4 is 5.32 Å². The Kier molecular flexibility index (Phi) is 10.3. The van der Waals surface area contributed by atoms with Gasteiger partial charge in [0.25, 0.3) is 5.91 Å². The number of hydrogen-bond donors (Lipinski definition) is 1. The number of halogens is 3. The van der Waals surface area contributed by atoms with E-state index < -0.39 is 17.3 Å². The van der Waals surface area contributed by atoms with Crippen molar-refractivity contribution in [3.63, 3.8) is 0 Å². The minimum atomic E-state index is -4.46. The fourth-order valence-electron chi connectivity index (χ4n) is 5.39. The molecular weight excluding hydrogens is 615 g/mol. The first kappa shape index (κ1) is 34.3. The maximum atomic E-state index is 13.4. The Bertz CT molecular complexity index is 1900. The molecule has 0 radical (unpaired) electrons. The summed E-state index contributed by atoms with van der Waals surface area (Å²) in [5.41, 5.74) is 4.67. The molecule has 5 rings (SSSR count). The summed E-state index contributed by atoms with van der Waals surface area (Å²) in [6.07, 6.45) is -2.70. The molecule has 0 aliphatic carbocycles. The Morgan fingerprint density at radius 2 is 1.48 bits per heavy atom. The van der Waals surface area contributed by atoms with Gasteiger partial charge in [0.05, 0.1) is 34.0 Å². The molecule has 1 aromatic heterocycles. The van der Waals surface area contributed by atoms with E-state index in [2.05, 4.69) is 11.4 Å². The van der Waals surface area contributed by atoms with Crippen molar-refractivity contribution in [3.05, 3.63) is 119 Å². The van der Waals surface area contributed by atoms with Gasteiger partial charge < -0.3 is 10.1 Å². The van der Waals surface area contributed by atoms with Crippen LogP contribution in [0.25, 0.3) is 33.4 Å². The summed E-state index contributed by atoms with van der Waals surface area (Å²) in [6, 6.07) is 27.6. The van der Waals surface area contributed by atoms with E-state index in [4.69, 9.17) is 14.7 Å². The number of alkyl halides is 3. The number of carbonyl (C=O) groups excluding carboxylic acids is 2. The van der Waals surface area contributed by atoms with E-state index in [-0.39, 0.29) is 24.3 Å². The van der Waals surface area contributed by atoms with Crippen molar-refractivity contribution in [1.29, 1.82) is 0 Å². The van der Waals surface area contributed by atoms with E-state index in [1.54, 1.807) is 18.2 Å². The highest BCUT2D eigenvalue weighted by Crippen LogP contribution is 2.32. The predicted molar refractivity (Wildman–Crippen MR) is 181 cm³/mol. The van der Waals surface area contributed by atoms with E-state index >= 15 is 0 Å². The number of fused-ring (bicyclic) bond motifs is 1. The lowest BCUT2D eigenvalue weighted by Crippen LogP contribution is -2.26. The molecule has 48 heavy (non-hydrogen) atoms. The van der Waals surface area contributed by atoms with Gasteiger partial charge in [-0.25, -0.2) is 9.97 Å². The van der Waals surface area contributed by atoms with Gasteiger partial charge in [-0.05, 0) is 100 Å². The van der Waals surface area contributed by atoms with Gasteiger partial charge in [0.15, 0.2) is 0 Å². The molecule has 6 nitrogen and oxygen atoms in total. The van der Waals surface area contributed by atoms with Crippen LogP contribution in [-0.4, -0.2) is 27.4 Å². The first-order valence-electron chi connectivity index (χ1n) is 15.9. The summed E-state index contributed by atoms with van der Waals surface area (Å²) in [4.78, 5) is 35.2. The second kappa shape index (κ2) is 14.4. The molecule has 0 aliphatic rings. The molecule has 5 aromatic rings. The summed E-state index contributed by atoms with van der Waals surface area (Å²) < 4.78 is 45.2. The van der Waals surface area contributed by atoms with Crippen molar-refractivity contribution in [2.75, 3.05) is 0 Å². The molecule has 4 aromatic carbocycles. The van der Waals surface area contributed by atoms with Crippen LogP contribution in [-0.2, 0) is 22.1 Å². The zero-order valence-electron chi connectivity index (χ0n) is 27.4. The van der Waals surface area contributed by atoms with Crippen molar-refractivity contribution in [2.24, 2.45) is 0 Å². The van der Waals surface area contributed by atoms with Gasteiger partial charge in [0.1, 0.15) is 5.60 Å². The van der Waals surface area contributed by atoms with Gasteiger partial charge in [0, 0.05) is 17.5 Å². The van der Waals surface area contributed by atoms with Crippen molar-refractivity contribution in [2.45, 2.75) is 71.2 Å². The monoisotopic (exact) mass is 653 g/mol. The number of nitrogens with one attached hydrogen (secondary N) is 1. The molecule has 0 spiro atoms. The highest BCUT2D eigenvalue weighted by molar-refractivity contribution is 5.97. The molecule has 1 amide bonds. The van der Waals surface area contributed by atoms with Crippen LogP contribution in [0.3, 0.4) is 0 Å². The smallest absolute Gasteiger partial charge is 0.416 e. The van der Waals surface area contributed by atoms with Crippen LogP contribution in [0.2, 0.25) is 0 Å². The van der Waals surface area contributed by atoms with E-state index in [1.807, 2.05) is 76.2 Å². The lowest BCUT2D eigenvalue weighted by atomic mass is 10.00. The highest BCUT2D eigenvalue weighted by atomic mass is 19.4. The number of unbranched alkanes of at least 4 members (excludes halogenated alkanes) is 1. The first-order valence-corrected chi connectivity index (χ1v) is 15.9. The summed E-state index contributed by atoms with van der Waals surface area (Å²) in [5, 5.41) is 3.07. The van der Waals surface area contributed by atoms with E-state index in [1.165, 1.54) is 12.1 Å². The molecule has 0 aliphatic heterocycles. The molecule has 9 heteroatoms. The van der Waals surface area contributed by atoms with Crippen LogP contribution in [0.5, 0.6) is 0 Å². The molecule has 1 N–H and O–H groups in total. The normalized spacial score (nSPS) is 12.5. The Morgan fingerprint density at radius 1 is 0.771 bits per heavy atom. The third-order valence-electron chi connectivity index (χ3n) is 7.79. The van der Waals surface area contributed by atoms with Crippen molar-refractivity contribution in [3.8, 4) is 22.4 Å². The van der Waals surface area contributed by atoms with Gasteiger partial charge in [-0.2, -0.15) is 13.2 Å². The number of benzene rings is 4. The predicted octanol–water partition coefficient (Wildman–Crippen LogP) is 9.53. The number of rotatable bonds is 10. The Morgan fingerprint density at radius 3 is 2.17 bits per heavy atom. The van der Waals surface area contributed by atoms with Crippen LogP contribution in [0.4, 0.5) is 13.2 Å². The minimum Gasteiger partial charge on any atom is -0.460 e. The number of aromatic nitrogens is 2. The van der Waals surface area contributed by atoms with Gasteiger partial charge in [-0.1, -0.05) is 60.7 Å². The molecule has 0 saturated heterocycles. The fraction of sp³-hybridized carbons (Fsp3) is 0.282. The Balaban J connectivity index is 1.38. The number of nitrogens with zero attached hydrogens (tertiary/aromatic N) is 2. The number of carbonyl (C=O) groups is 2. The Hall–Kier alpha value is -5.05. The zero-order chi connectivity index (χ0) is 34.5. The van der Waals surface area contributed by atoms with Gasteiger partial charge in [0.2, 0.25) is 0 Å². The molecule has 248 valence electrons. The largest absolute Gasteiger partial charge is 0.460 e. The molecule has 1 atom stereocenters. The molecule has 0 saturated carbocycles. The highest BCUT2D eigenvalue weighted by Gasteiger charge is 2.30. The lowest BCUT2D eigenvalue weighted by Gasteiger charge is -2.19. The van der Waals surface area contributed by atoms with Crippen molar-refractivity contribution < 1.29 is 27.5 Å². The zero-order valence-corrected chi connectivity index (χ0v) is 27.4. The molecule has 0 fully saturated rings.